The van der Waals surface area contributed by atoms with Crippen LogP contribution in [0.3, 0.4) is 0 Å². The lowest BCUT2D eigenvalue weighted by molar-refractivity contribution is -0.182. The van der Waals surface area contributed by atoms with Crippen molar-refractivity contribution in [2.45, 2.75) is 50.7 Å². The summed E-state index contributed by atoms with van der Waals surface area (Å²) in [4.78, 5) is 0. The Balaban J connectivity index is 1.64. The van der Waals surface area contributed by atoms with Gasteiger partial charge in [-0.25, -0.2) is 0 Å². The van der Waals surface area contributed by atoms with Crippen LogP contribution in [0.25, 0.3) is 0 Å². The Hall–Kier alpha value is -0.290. The van der Waals surface area contributed by atoms with Crippen molar-refractivity contribution in [3.8, 4) is 0 Å². The molecule has 1 saturated carbocycles. The molecule has 0 aromatic carbocycles. The lowest BCUT2D eigenvalue weighted by atomic mass is 9.85. The minimum absolute atomic E-state index is 0.299. The maximum Gasteiger partial charge on any atom is 0.391 e. The van der Waals surface area contributed by atoms with E-state index in [2.05, 4.69) is 10.6 Å². The van der Waals surface area contributed by atoms with E-state index in [0.717, 1.165) is 19.6 Å². The van der Waals surface area contributed by atoms with Crippen LogP contribution in [-0.4, -0.2) is 31.9 Å². The average Bonchev–Trinajstić information content (AvgIpc) is 2.37. The van der Waals surface area contributed by atoms with Crippen molar-refractivity contribution in [1.82, 2.24) is 10.6 Å². The summed E-state index contributed by atoms with van der Waals surface area (Å²) in [5.41, 5.74) is 0. The van der Waals surface area contributed by atoms with Gasteiger partial charge >= 0.3 is 6.18 Å². The van der Waals surface area contributed by atoms with Gasteiger partial charge in [-0.3, -0.25) is 0 Å². The van der Waals surface area contributed by atoms with Gasteiger partial charge in [-0.1, -0.05) is 0 Å². The quantitative estimate of drug-likeness (QED) is 0.819. The Bertz CT molecular complexity index is 241. The minimum Gasteiger partial charge on any atom is -0.317 e. The number of rotatable bonds is 3. The third-order valence-corrected chi connectivity index (χ3v) is 4.34. The molecule has 18 heavy (non-hydrogen) atoms. The van der Waals surface area contributed by atoms with Crippen molar-refractivity contribution < 1.29 is 13.2 Å². The van der Waals surface area contributed by atoms with E-state index in [0.29, 0.717) is 37.6 Å². The predicted molar refractivity (Wildman–Crippen MR) is 65.4 cm³/mol. The summed E-state index contributed by atoms with van der Waals surface area (Å²) in [6, 6.07) is 0.304. The molecule has 0 unspecified atom stereocenters. The summed E-state index contributed by atoms with van der Waals surface area (Å²) in [6.07, 6.45) is 0.334. The van der Waals surface area contributed by atoms with Crippen molar-refractivity contribution in [1.29, 1.82) is 0 Å². The number of nitrogens with one attached hydrogen (secondary N) is 2. The molecule has 106 valence electrons. The second kappa shape index (κ2) is 6.24. The maximum absolute atomic E-state index is 12.5. The fourth-order valence-electron chi connectivity index (χ4n) is 3.04. The van der Waals surface area contributed by atoms with Gasteiger partial charge in [0.2, 0.25) is 0 Å². The number of halogens is 3. The van der Waals surface area contributed by atoms with Gasteiger partial charge in [0.25, 0.3) is 0 Å². The molecule has 2 rings (SSSR count). The van der Waals surface area contributed by atoms with E-state index in [1.807, 2.05) is 0 Å². The number of hydrogen-bond donors (Lipinski definition) is 2. The lowest BCUT2D eigenvalue weighted by Crippen LogP contribution is -2.41. The van der Waals surface area contributed by atoms with Gasteiger partial charge in [-0.15, -0.1) is 0 Å². The Morgan fingerprint density at radius 3 is 2.11 bits per heavy atom. The molecule has 2 fully saturated rings. The van der Waals surface area contributed by atoms with E-state index in [1.54, 1.807) is 0 Å². The first-order valence-electron chi connectivity index (χ1n) is 7.06. The van der Waals surface area contributed by atoms with Gasteiger partial charge in [-0.05, 0) is 64.1 Å². The van der Waals surface area contributed by atoms with Crippen LogP contribution >= 0.6 is 0 Å². The SMILES string of the molecule is FC(F)(F)C1CCC(NCC2CCNCC2)CC1. The van der Waals surface area contributed by atoms with Crippen molar-refractivity contribution in [3.63, 3.8) is 0 Å². The van der Waals surface area contributed by atoms with E-state index < -0.39 is 12.1 Å². The standard InChI is InChI=1S/C13H23F3N2/c14-13(15,16)11-1-3-12(4-2-11)18-9-10-5-7-17-8-6-10/h10-12,17-18H,1-9H2. The summed E-state index contributed by atoms with van der Waals surface area (Å²) >= 11 is 0. The van der Waals surface area contributed by atoms with Crippen molar-refractivity contribution in [2.24, 2.45) is 11.8 Å². The number of hydrogen-bond acceptors (Lipinski definition) is 2. The molecule has 1 saturated heterocycles. The van der Waals surface area contributed by atoms with Gasteiger partial charge in [0, 0.05) is 6.04 Å². The zero-order valence-electron chi connectivity index (χ0n) is 10.7. The summed E-state index contributed by atoms with van der Waals surface area (Å²) in [6.45, 7) is 3.13. The van der Waals surface area contributed by atoms with E-state index >= 15 is 0 Å². The van der Waals surface area contributed by atoms with Crippen LogP contribution in [0.4, 0.5) is 13.2 Å². The first kappa shape index (κ1) is 14.1. The topological polar surface area (TPSA) is 24.1 Å². The summed E-state index contributed by atoms with van der Waals surface area (Å²) in [5, 5.41) is 6.79. The molecule has 2 nitrogen and oxygen atoms in total. The zero-order valence-corrected chi connectivity index (χ0v) is 10.7. The van der Waals surface area contributed by atoms with E-state index in [1.165, 1.54) is 12.8 Å². The molecule has 0 amide bonds. The molecule has 0 aromatic rings. The molecule has 1 aliphatic heterocycles. The molecule has 0 spiro atoms. The van der Waals surface area contributed by atoms with Crippen LogP contribution in [0, 0.1) is 11.8 Å². The molecule has 0 atom stereocenters. The Labute approximate surface area is 107 Å². The summed E-state index contributed by atoms with van der Waals surface area (Å²) in [5.74, 6) is -0.360. The monoisotopic (exact) mass is 264 g/mol. The van der Waals surface area contributed by atoms with Gasteiger partial charge in [0.15, 0.2) is 0 Å². The van der Waals surface area contributed by atoms with Crippen LogP contribution in [0.2, 0.25) is 0 Å². The third-order valence-electron chi connectivity index (χ3n) is 4.34. The number of piperidine rings is 1. The van der Waals surface area contributed by atoms with E-state index in [-0.39, 0.29) is 0 Å². The molecule has 0 radical (unpaired) electrons. The van der Waals surface area contributed by atoms with E-state index in [4.69, 9.17) is 0 Å². The first-order chi connectivity index (χ1) is 8.55. The van der Waals surface area contributed by atoms with Gasteiger partial charge < -0.3 is 10.6 Å². The highest BCUT2D eigenvalue weighted by molar-refractivity contribution is 4.82. The van der Waals surface area contributed by atoms with Crippen LogP contribution in [0.5, 0.6) is 0 Å². The largest absolute Gasteiger partial charge is 0.391 e. The Kier molecular flexibility index (Phi) is 4.90. The van der Waals surface area contributed by atoms with Gasteiger partial charge in [-0.2, -0.15) is 13.2 Å². The Morgan fingerprint density at radius 2 is 1.56 bits per heavy atom. The van der Waals surface area contributed by atoms with Gasteiger partial charge in [0.05, 0.1) is 5.92 Å². The smallest absolute Gasteiger partial charge is 0.317 e. The highest BCUT2D eigenvalue weighted by atomic mass is 19.4. The molecule has 1 heterocycles. The first-order valence-corrected chi connectivity index (χ1v) is 7.06. The molecule has 2 aliphatic rings. The Morgan fingerprint density at radius 1 is 0.944 bits per heavy atom. The average molecular weight is 264 g/mol. The van der Waals surface area contributed by atoms with Gasteiger partial charge in [0.1, 0.15) is 0 Å². The third kappa shape index (κ3) is 4.12. The summed E-state index contributed by atoms with van der Waals surface area (Å²) < 4.78 is 37.6. The minimum atomic E-state index is -3.99. The van der Waals surface area contributed by atoms with Crippen LogP contribution < -0.4 is 10.6 Å². The highest BCUT2D eigenvalue weighted by Crippen LogP contribution is 2.37. The second-order valence-electron chi connectivity index (χ2n) is 5.69. The molecule has 5 heteroatoms. The highest BCUT2D eigenvalue weighted by Gasteiger charge is 2.41. The summed E-state index contributed by atoms with van der Waals surface area (Å²) in [7, 11) is 0. The molecule has 0 aromatic heterocycles. The normalized spacial score (nSPS) is 31.5. The molecular weight excluding hydrogens is 241 g/mol. The fourth-order valence-corrected chi connectivity index (χ4v) is 3.04. The van der Waals surface area contributed by atoms with Crippen LogP contribution in [0.1, 0.15) is 38.5 Å². The lowest BCUT2D eigenvalue weighted by Gasteiger charge is -2.32. The van der Waals surface area contributed by atoms with Crippen LogP contribution in [-0.2, 0) is 0 Å². The van der Waals surface area contributed by atoms with Crippen LogP contribution in [0.15, 0.2) is 0 Å². The second-order valence-corrected chi connectivity index (χ2v) is 5.69. The fraction of sp³-hybridized carbons (Fsp3) is 1.00. The molecule has 2 N–H and O–H groups in total. The molecule has 0 bridgehead atoms. The van der Waals surface area contributed by atoms with Crippen molar-refractivity contribution in [3.05, 3.63) is 0 Å². The van der Waals surface area contributed by atoms with Crippen molar-refractivity contribution in [2.75, 3.05) is 19.6 Å². The number of alkyl halides is 3. The predicted octanol–water partition coefficient (Wildman–Crippen LogP) is 2.70. The molecular formula is C13H23F3N2. The maximum atomic E-state index is 12.5. The van der Waals surface area contributed by atoms with Crippen molar-refractivity contribution >= 4 is 0 Å². The zero-order chi connectivity index (χ0) is 13.0. The molecule has 1 aliphatic carbocycles. The van der Waals surface area contributed by atoms with E-state index in [9.17, 15) is 13.2 Å².